The molecule has 0 saturated heterocycles. The van der Waals surface area contributed by atoms with Gasteiger partial charge in [0.2, 0.25) is 0 Å². The van der Waals surface area contributed by atoms with Crippen LogP contribution in [0.5, 0.6) is 0 Å². The van der Waals surface area contributed by atoms with Crippen LogP contribution in [0.15, 0.2) is 47.5 Å². The van der Waals surface area contributed by atoms with Gasteiger partial charge >= 0.3 is 0 Å². The van der Waals surface area contributed by atoms with E-state index in [-0.39, 0.29) is 11.8 Å². The van der Waals surface area contributed by atoms with Gasteiger partial charge < -0.3 is 5.32 Å². The highest BCUT2D eigenvalue weighted by Gasteiger charge is 2.35. The molecule has 0 radical (unpaired) electrons. The van der Waals surface area contributed by atoms with Crippen molar-refractivity contribution in [1.82, 2.24) is 5.32 Å². The average Bonchev–Trinajstić information content (AvgIpc) is 2.78. The molecule has 0 aromatic heterocycles. The van der Waals surface area contributed by atoms with E-state index in [1.165, 1.54) is 17.8 Å². The van der Waals surface area contributed by atoms with Crippen molar-refractivity contribution < 1.29 is 18.4 Å². The van der Waals surface area contributed by atoms with Crippen LogP contribution in [0.25, 0.3) is 0 Å². The zero-order valence-corrected chi connectivity index (χ0v) is 20.1. The Morgan fingerprint density at radius 2 is 1.70 bits per heavy atom. The maximum atomic E-state index is 14.2. The molecule has 2 aromatic rings. The summed E-state index contributed by atoms with van der Waals surface area (Å²) >= 11 is 1.49. The van der Waals surface area contributed by atoms with Gasteiger partial charge in [0, 0.05) is 12.3 Å². The number of nitrogens with zero attached hydrogens (tertiary/aromatic N) is 2. The number of nitrogens with one attached hydrogen (secondary N) is 1. The number of carbonyl (C=O) groups excluding carboxylic acids is 2. The molecule has 176 valence electrons. The molecule has 1 aliphatic rings. The molecule has 0 saturated carbocycles. The van der Waals surface area contributed by atoms with Crippen LogP contribution in [0.2, 0.25) is 0 Å². The molecule has 0 aliphatic carbocycles. The average molecular weight is 474 g/mol. The van der Waals surface area contributed by atoms with E-state index in [4.69, 9.17) is 0 Å². The fourth-order valence-electron chi connectivity index (χ4n) is 3.66. The second-order valence-electron chi connectivity index (χ2n) is 8.55. The number of thioether (sulfide) groups is 1. The minimum Gasteiger partial charge on any atom is -0.340 e. The van der Waals surface area contributed by atoms with Crippen molar-refractivity contribution in [3.05, 3.63) is 65.2 Å². The Morgan fingerprint density at radius 3 is 2.27 bits per heavy atom. The number of hydrogen-bond acceptors (Lipinski definition) is 4. The van der Waals surface area contributed by atoms with Crippen LogP contribution in [0, 0.1) is 17.6 Å². The lowest BCUT2D eigenvalue weighted by atomic mass is 9.98. The van der Waals surface area contributed by atoms with Crippen molar-refractivity contribution in [3.8, 4) is 0 Å². The highest BCUT2D eigenvalue weighted by Crippen LogP contribution is 2.32. The van der Waals surface area contributed by atoms with Crippen molar-refractivity contribution in [1.29, 1.82) is 0 Å². The summed E-state index contributed by atoms with van der Waals surface area (Å²) in [5.41, 5.74) is 0.964. The maximum absolute atomic E-state index is 14.2. The van der Waals surface area contributed by atoms with E-state index in [1.807, 2.05) is 38.1 Å². The number of aliphatic imine (C=N–C) groups is 1. The topological polar surface area (TPSA) is 61.8 Å². The van der Waals surface area contributed by atoms with Gasteiger partial charge in [-0.2, -0.15) is 0 Å². The monoisotopic (exact) mass is 473 g/mol. The Hall–Kier alpha value is -2.74. The Kier molecular flexibility index (Phi) is 8.24. The number of amides is 2. The molecule has 3 rings (SSSR count). The molecule has 2 aromatic carbocycles. The lowest BCUT2D eigenvalue weighted by Crippen LogP contribution is -2.53. The zero-order chi connectivity index (χ0) is 24.1. The number of hydrogen-bond donors (Lipinski definition) is 1. The smallest absolute Gasteiger partial charge is 0.257 e. The van der Waals surface area contributed by atoms with Gasteiger partial charge in [-0.1, -0.05) is 63.7 Å². The Bertz CT molecular complexity index is 1040. The van der Waals surface area contributed by atoms with Gasteiger partial charge in [-0.3, -0.25) is 19.5 Å². The van der Waals surface area contributed by atoms with Crippen LogP contribution in [0.4, 0.5) is 14.5 Å². The molecule has 2 amide bonds. The van der Waals surface area contributed by atoms with Crippen LogP contribution in [-0.4, -0.2) is 35.3 Å². The quantitative estimate of drug-likeness (QED) is 0.614. The van der Waals surface area contributed by atoms with E-state index in [0.29, 0.717) is 17.4 Å². The highest BCUT2D eigenvalue weighted by atomic mass is 32.2. The van der Waals surface area contributed by atoms with Crippen LogP contribution >= 0.6 is 11.8 Å². The van der Waals surface area contributed by atoms with Gasteiger partial charge in [-0.25, -0.2) is 8.78 Å². The second kappa shape index (κ2) is 10.9. The van der Waals surface area contributed by atoms with E-state index in [0.717, 1.165) is 29.9 Å². The zero-order valence-electron chi connectivity index (χ0n) is 19.3. The number of benzene rings is 2. The number of para-hydroxylation sites is 1. The molecule has 1 N–H and O–H groups in total. The summed E-state index contributed by atoms with van der Waals surface area (Å²) in [4.78, 5) is 32.9. The van der Waals surface area contributed by atoms with Crippen molar-refractivity contribution in [2.75, 3.05) is 17.2 Å². The molecule has 1 atom stereocenters. The SMILES string of the molecule is CC(C)c1ccccc1N(C(=O)[C@@H](NC(=O)c1c(F)cccc1F)C(C)C)C1=NCCCS1. The summed E-state index contributed by atoms with van der Waals surface area (Å²) in [5, 5.41) is 3.14. The molecule has 0 bridgehead atoms. The third kappa shape index (κ3) is 5.61. The molecule has 0 fully saturated rings. The van der Waals surface area contributed by atoms with Crippen molar-refractivity contribution in [2.45, 2.75) is 46.1 Å². The Balaban J connectivity index is 2.03. The van der Waals surface area contributed by atoms with E-state index in [1.54, 1.807) is 18.7 Å². The van der Waals surface area contributed by atoms with Gasteiger partial charge in [-0.05, 0) is 42.0 Å². The van der Waals surface area contributed by atoms with E-state index >= 15 is 0 Å². The fourth-order valence-corrected chi connectivity index (χ4v) is 4.62. The number of carbonyl (C=O) groups is 2. The third-order valence-corrected chi connectivity index (χ3v) is 6.46. The fraction of sp³-hybridized carbons (Fsp3) is 0.400. The van der Waals surface area contributed by atoms with Gasteiger partial charge in [0.25, 0.3) is 11.8 Å². The molecular weight excluding hydrogens is 444 g/mol. The first-order valence-electron chi connectivity index (χ1n) is 11.1. The Labute approximate surface area is 197 Å². The van der Waals surface area contributed by atoms with Gasteiger partial charge in [0.1, 0.15) is 23.2 Å². The summed E-state index contributed by atoms with van der Waals surface area (Å²) in [6.45, 7) is 8.25. The summed E-state index contributed by atoms with van der Waals surface area (Å²) in [6.07, 6.45) is 0.916. The lowest BCUT2D eigenvalue weighted by Gasteiger charge is -2.33. The molecule has 33 heavy (non-hydrogen) atoms. The molecular formula is C25H29F2N3O2S. The minimum atomic E-state index is -1.01. The van der Waals surface area contributed by atoms with E-state index in [9.17, 15) is 18.4 Å². The third-order valence-electron chi connectivity index (χ3n) is 5.40. The van der Waals surface area contributed by atoms with Crippen LogP contribution in [-0.2, 0) is 4.79 Å². The number of rotatable bonds is 6. The first kappa shape index (κ1) is 24.9. The van der Waals surface area contributed by atoms with Crippen LogP contribution in [0.3, 0.4) is 0 Å². The van der Waals surface area contributed by atoms with Crippen LogP contribution < -0.4 is 10.2 Å². The van der Waals surface area contributed by atoms with E-state index < -0.39 is 35.1 Å². The van der Waals surface area contributed by atoms with Gasteiger partial charge in [0.05, 0.1) is 5.69 Å². The first-order valence-corrected chi connectivity index (χ1v) is 12.1. The van der Waals surface area contributed by atoms with E-state index in [2.05, 4.69) is 10.3 Å². The van der Waals surface area contributed by atoms with Crippen LogP contribution in [0.1, 0.15) is 56.0 Å². The molecule has 1 heterocycles. The number of anilines is 1. The molecule has 5 nitrogen and oxygen atoms in total. The summed E-state index contributed by atoms with van der Waals surface area (Å²) in [5.74, 6) is -2.67. The predicted molar refractivity (Wildman–Crippen MR) is 130 cm³/mol. The standard InChI is InChI=1S/C25H29F2N3O2S/c1-15(2)17-9-5-6-12-20(17)30(25-28-13-8-14-33-25)24(32)22(16(3)4)29-23(31)21-18(26)10-7-11-19(21)27/h5-7,9-12,15-16,22H,8,13-14H2,1-4H3,(H,29,31)/t22-/m0/s1. The van der Waals surface area contributed by atoms with Crippen molar-refractivity contribution >= 4 is 34.4 Å². The van der Waals surface area contributed by atoms with Gasteiger partial charge in [0.15, 0.2) is 5.17 Å². The molecule has 0 unspecified atom stereocenters. The highest BCUT2D eigenvalue weighted by molar-refractivity contribution is 8.14. The summed E-state index contributed by atoms with van der Waals surface area (Å²) < 4.78 is 28.4. The molecule has 8 heteroatoms. The predicted octanol–water partition coefficient (Wildman–Crippen LogP) is 5.37. The first-order chi connectivity index (χ1) is 15.7. The molecule has 0 spiro atoms. The maximum Gasteiger partial charge on any atom is 0.257 e. The Morgan fingerprint density at radius 1 is 1.03 bits per heavy atom. The van der Waals surface area contributed by atoms with Crippen molar-refractivity contribution in [3.63, 3.8) is 0 Å². The normalized spacial score (nSPS) is 14.7. The number of halogens is 2. The van der Waals surface area contributed by atoms with Crippen molar-refractivity contribution in [2.24, 2.45) is 10.9 Å². The van der Waals surface area contributed by atoms with Gasteiger partial charge in [-0.15, -0.1) is 0 Å². The second-order valence-corrected chi connectivity index (χ2v) is 9.61. The molecule has 1 aliphatic heterocycles. The minimum absolute atomic E-state index is 0.144. The summed E-state index contributed by atoms with van der Waals surface area (Å²) in [6, 6.07) is 9.81. The summed E-state index contributed by atoms with van der Waals surface area (Å²) in [7, 11) is 0. The number of amidine groups is 1. The lowest BCUT2D eigenvalue weighted by molar-refractivity contribution is -0.120. The largest absolute Gasteiger partial charge is 0.340 e.